The number of rotatable bonds is 8. The van der Waals surface area contributed by atoms with E-state index in [1.807, 2.05) is 39.0 Å². The van der Waals surface area contributed by atoms with Crippen molar-refractivity contribution in [1.29, 1.82) is 0 Å². The molecule has 0 aliphatic heterocycles. The van der Waals surface area contributed by atoms with Crippen molar-refractivity contribution in [2.24, 2.45) is 5.92 Å². The first-order valence-corrected chi connectivity index (χ1v) is 11.1. The highest BCUT2D eigenvalue weighted by Crippen LogP contribution is 2.26. The summed E-state index contributed by atoms with van der Waals surface area (Å²) in [5.74, 6) is 0.0540. The highest BCUT2D eigenvalue weighted by molar-refractivity contribution is 7.89. The molecule has 2 aromatic carbocycles. The molecule has 2 N–H and O–H groups in total. The number of aryl methyl sites for hydroxylation is 2. The summed E-state index contributed by atoms with van der Waals surface area (Å²) in [5.41, 5.74) is 2.84. The van der Waals surface area contributed by atoms with Crippen LogP contribution in [0.3, 0.4) is 0 Å². The topological polar surface area (TPSA) is 84.5 Å². The number of hydrogen-bond donors (Lipinski definition) is 2. The van der Waals surface area contributed by atoms with Gasteiger partial charge < -0.3 is 10.1 Å². The molecule has 2 atom stereocenters. The van der Waals surface area contributed by atoms with Crippen molar-refractivity contribution in [3.05, 3.63) is 59.2 Å². The van der Waals surface area contributed by atoms with E-state index in [0.29, 0.717) is 5.75 Å². The third-order valence-corrected chi connectivity index (χ3v) is 6.23. The van der Waals surface area contributed by atoms with E-state index >= 15 is 0 Å². The molecule has 29 heavy (non-hydrogen) atoms. The van der Waals surface area contributed by atoms with Crippen molar-refractivity contribution in [3.63, 3.8) is 0 Å². The molecule has 6 nitrogen and oxygen atoms in total. The number of amides is 1. The molecule has 1 unspecified atom stereocenters. The maximum atomic E-state index is 12.9. The number of nitrogens with one attached hydrogen (secondary N) is 2. The summed E-state index contributed by atoms with van der Waals surface area (Å²) < 4.78 is 33.5. The average Bonchev–Trinajstić information content (AvgIpc) is 2.66. The van der Waals surface area contributed by atoms with E-state index in [-0.39, 0.29) is 22.8 Å². The highest BCUT2D eigenvalue weighted by Gasteiger charge is 2.29. The molecular weight excluding hydrogens is 388 g/mol. The molecule has 158 valence electrons. The second-order valence-corrected chi connectivity index (χ2v) is 9.35. The van der Waals surface area contributed by atoms with Crippen molar-refractivity contribution in [3.8, 4) is 5.75 Å². The van der Waals surface area contributed by atoms with Crippen LogP contribution in [0.5, 0.6) is 5.75 Å². The van der Waals surface area contributed by atoms with Crippen LogP contribution in [0.2, 0.25) is 0 Å². The molecule has 0 aliphatic carbocycles. The lowest BCUT2D eigenvalue weighted by molar-refractivity contribution is -0.124. The van der Waals surface area contributed by atoms with Gasteiger partial charge in [-0.05, 0) is 44.9 Å². The monoisotopic (exact) mass is 418 g/mol. The summed E-state index contributed by atoms with van der Waals surface area (Å²) in [6.45, 7) is 9.31. The second-order valence-electron chi connectivity index (χ2n) is 7.63. The van der Waals surface area contributed by atoms with Crippen LogP contribution in [0.4, 0.5) is 0 Å². The molecular formula is C22H30N2O4S. The first-order valence-electron chi connectivity index (χ1n) is 9.59. The fourth-order valence-corrected chi connectivity index (χ4v) is 4.36. The zero-order valence-corrected chi connectivity index (χ0v) is 18.6. The zero-order chi connectivity index (χ0) is 21.8. The first kappa shape index (κ1) is 22.9. The predicted octanol–water partition coefficient (Wildman–Crippen LogP) is 3.49. The van der Waals surface area contributed by atoms with E-state index < -0.39 is 16.1 Å². The molecule has 0 heterocycles. The summed E-state index contributed by atoms with van der Waals surface area (Å²) in [7, 11) is -2.24. The van der Waals surface area contributed by atoms with E-state index in [9.17, 15) is 13.2 Å². The second kappa shape index (κ2) is 9.41. The molecule has 0 bridgehead atoms. The normalized spacial score (nSPS) is 13.8. The van der Waals surface area contributed by atoms with Crippen LogP contribution in [0.25, 0.3) is 0 Å². The minimum Gasteiger partial charge on any atom is -0.496 e. The molecule has 0 aliphatic rings. The van der Waals surface area contributed by atoms with Crippen LogP contribution in [0.1, 0.15) is 43.5 Å². The highest BCUT2D eigenvalue weighted by atomic mass is 32.2. The summed E-state index contributed by atoms with van der Waals surface area (Å²) in [4.78, 5) is 13.1. The van der Waals surface area contributed by atoms with Crippen LogP contribution >= 0.6 is 0 Å². The Labute approximate surface area is 173 Å². The van der Waals surface area contributed by atoms with Crippen LogP contribution in [-0.2, 0) is 14.8 Å². The summed E-state index contributed by atoms with van der Waals surface area (Å²) in [6.07, 6.45) is 0. The quantitative estimate of drug-likeness (QED) is 0.687. The molecule has 0 saturated carbocycles. The van der Waals surface area contributed by atoms with Crippen LogP contribution in [0, 0.1) is 19.8 Å². The Kier molecular flexibility index (Phi) is 7.43. The lowest BCUT2D eigenvalue weighted by Crippen LogP contribution is -2.50. The van der Waals surface area contributed by atoms with Gasteiger partial charge in [0.15, 0.2) is 0 Å². The van der Waals surface area contributed by atoms with Gasteiger partial charge in [0.05, 0.1) is 18.0 Å². The van der Waals surface area contributed by atoms with Crippen molar-refractivity contribution >= 4 is 15.9 Å². The Morgan fingerprint density at radius 2 is 1.55 bits per heavy atom. The van der Waals surface area contributed by atoms with Gasteiger partial charge in [0.1, 0.15) is 11.8 Å². The average molecular weight is 419 g/mol. The van der Waals surface area contributed by atoms with E-state index in [1.165, 1.54) is 12.1 Å². The van der Waals surface area contributed by atoms with Crippen molar-refractivity contribution in [1.82, 2.24) is 10.0 Å². The van der Waals surface area contributed by atoms with E-state index in [1.54, 1.807) is 33.1 Å². The van der Waals surface area contributed by atoms with E-state index in [4.69, 9.17) is 4.74 Å². The summed E-state index contributed by atoms with van der Waals surface area (Å²) >= 11 is 0. The molecule has 2 rings (SSSR count). The Morgan fingerprint density at radius 1 is 0.966 bits per heavy atom. The first-order chi connectivity index (χ1) is 13.5. The Morgan fingerprint density at radius 3 is 2.10 bits per heavy atom. The number of carbonyl (C=O) groups excluding carboxylic acids is 1. The lowest BCUT2D eigenvalue weighted by atomic mass is 10.0. The molecule has 0 spiro atoms. The molecule has 0 fully saturated rings. The molecule has 2 aromatic rings. The van der Waals surface area contributed by atoms with Gasteiger partial charge in [-0.3, -0.25) is 4.79 Å². The van der Waals surface area contributed by atoms with Gasteiger partial charge in [-0.1, -0.05) is 49.2 Å². The van der Waals surface area contributed by atoms with Crippen molar-refractivity contribution in [2.75, 3.05) is 7.11 Å². The maximum absolute atomic E-state index is 12.9. The van der Waals surface area contributed by atoms with Crippen LogP contribution < -0.4 is 14.8 Å². The molecule has 0 aromatic heterocycles. The fraction of sp³-hybridized carbons (Fsp3) is 0.409. The minimum absolute atomic E-state index is 0.134. The van der Waals surface area contributed by atoms with Crippen molar-refractivity contribution in [2.45, 2.75) is 51.6 Å². The maximum Gasteiger partial charge on any atom is 0.241 e. The standard InChI is InChI=1S/C22H30N2O4S/c1-14(2)21(24-29(26,27)18-10-7-15(3)8-11-18)22(25)23-17(5)19-13-16(4)9-12-20(19)28-6/h7-14,17,21,24H,1-6H3,(H,23,25)/t17?,21-/m0/s1. The van der Waals surface area contributed by atoms with Gasteiger partial charge in [0, 0.05) is 5.56 Å². The number of hydrogen-bond acceptors (Lipinski definition) is 4. The van der Waals surface area contributed by atoms with Gasteiger partial charge in [-0.2, -0.15) is 4.72 Å². The number of methoxy groups -OCH3 is 1. The Bertz CT molecular complexity index is 953. The zero-order valence-electron chi connectivity index (χ0n) is 17.8. The number of benzene rings is 2. The van der Waals surface area contributed by atoms with Crippen molar-refractivity contribution < 1.29 is 17.9 Å². The molecule has 7 heteroatoms. The van der Waals surface area contributed by atoms with Gasteiger partial charge in [0.25, 0.3) is 0 Å². The number of sulfonamides is 1. The van der Waals surface area contributed by atoms with E-state index in [0.717, 1.165) is 16.7 Å². The third kappa shape index (κ3) is 5.81. The van der Waals surface area contributed by atoms with E-state index in [2.05, 4.69) is 10.0 Å². The minimum atomic E-state index is -3.82. The van der Waals surface area contributed by atoms with Gasteiger partial charge in [-0.25, -0.2) is 8.42 Å². The number of ether oxygens (including phenoxy) is 1. The summed E-state index contributed by atoms with van der Waals surface area (Å²) in [5, 5.41) is 2.92. The fourth-order valence-electron chi connectivity index (χ4n) is 3.02. The van der Waals surface area contributed by atoms with Gasteiger partial charge in [-0.15, -0.1) is 0 Å². The van der Waals surface area contributed by atoms with Crippen LogP contribution in [0.15, 0.2) is 47.4 Å². The SMILES string of the molecule is COc1ccc(C)cc1C(C)NC(=O)[C@@H](NS(=O)(=O)c1ccc(C)cc1)C(C)C. The molecule has 1 amide bonds. The van der Waals surface area contributed by atoms with Gasteiger partial charge >= 0.3 is 0 Å². The molecule has 0 radical (unpaired) electrons. The third-order valence-electron chi connectivity index (χ3n) is 4.77. The van der Waals surface area contributed by atoms with Crippen LogP contribution in [-0.4, -0.2) is 27.5 Å². The number of carbonyl (C=O) groups is 1. The predicted molar refractivity (Wildman–Crippen MR) is 114 cm³/mol. The van der Waals surface area contributed by atoms with Gasteiger partial charge in [0.2, 0.25) is 15.9 Å². The lowest BCUT2D eigenvalue weighted by Gasteiger charge is -2.25. The summed E-state index contributed by atoms with van der Waals surface area (Å²) in [6, 6.07) is 11.0. The smallest absolute Gasteiger partial charge is 0.241 e. The Balaban J connectivity index is 2.21. The largest absolute Gasteiger partial charge is 0.496 e. The Hall–Kier alpha value is -2.38. The molecule has 0 saturated heterocycles.